The number of hydrogen-bond acceptors (Lipinski definition) is 4. The lowest BCUT2D eigenvalue weighted by atomic mass is 10.1. The highest BCUT2D eigenvalue weighted by atomic mass is 35.5. The largest absolute Gasteiger partial charge is 0.495 e. The summed E-state index contributed by atoms with van der Waals surface area (Å²) in [5.41, 5.74) is 2.61. The molecule has 2 heterocycles. The Balaban J connectivity index is 1.83. The van der Waals surface area contributed by atoms with E-state index in [1.54, 1.807) is 19.1 Å². The fourth-order valence-electron chi connectivity index (χ4n) is 3.12. The molecule has 4 rings (SSSR count). The molecule has 0 saturated carbocycles. The monoisotopic (exact) mass is 396 g/mol. The van der Waals surface area contributed by atoms with Crippen molar-refractivity contribution in [2.75, 3.05) is 19.1 Å². The molecule has 1 amide bonds. The van der Waals surface area contributed by atoms with Crippen LogP contribution in [0, 0.1) is 6.92 Å². The van der Waals surface area contributed by atoms with Crippen LogP contribution in [0.25, 0.3) is 21.0 Å². The molecule has 136 valence electrons. The predicted octanol–water partition coefficient (Wildman–Crippen LogP) is 5.70. The van der Waals surface area contributed by atoms with Crippen LogP contribution in [0.3, 0.4) is 0 Å². The van der Waals surface area contributed by atoms with Gasteiger partial charge in [0.25, 0.3) is 5.91 Å². The van der Waals surface area contributed by atoms with Crippen LogP contribution < -0.4 is 9.64 Å². The molecular formula is C21H17ClN2O2S. The van der Waals surface area contributed by atoms with E-state index in [4.69, 9.17) is 16.3 Å². The number of para-hydroxylation sites is 1. The first-order valence-electron chi connectivity index (χ1n) is 8.40. The number of ether oxygens (including phenoxy) is 1. The summed E-state index contributed by atoms with van der Waals surface area (Å²) in [7, 11) is 3.35. The average Bonchev–Trinajstić information content (AvgIpc) is 3.13. The first-order chi connectivity index (χ1) is 13.0. The van der Waals surface area contributed by atoms with Gasteiger partial charge in [0, 0.05) is 22.5 Å². The number of nitrogens with zero attached hydrogens (tertiary/aromatic N) is 2. The van der Waals surface area contributed by atoms with Crippen molar-refractivity contribution < 1.29 is 9.53 Å². The number of methoxy groups -OCH3 is 1. The van der Waals surface area contributed by atoms with Crippen molar-refractivity contribution in [1.29, 1.82) is 0 Å². The van der Waals surface area contributed by atoms with Crippen molar-refractivity contribution in [1.82, 2.24) is 4.98 Å². The minimum atomic E-state index is -0.111. The van der Waals surface area contributed by atoms with Gasteiger partial charge in [-0.1, -0.05) is 35.9 Å². The Bertz CT molecular complexity index is 1190. The Hall–Kier alpha value is -2.63. The number of fused-ring (bicyclic) bond motifs is 3. The molecule has 0 fully saturated rings. The summed E-state index contributed by atoms with van der Waals surface area (Å²) in [6.07, 6.45) is 0. The van der Waals surface area contributed by atoms with Gasteiger partial charge in [0.15, 0.2) is 0 Å². The molecule has 4 nitrogen and oxygen atoms in total. The summed E-state index contributed by atoms with van der Waals surface area (Å²) in [5, 5.41) is 2.21. The van der Waals surface area contributed by atoms with Gasteiger partial charge in [0.05, 0.1) is 23.2 Å². The Morgan fingerprint density at radius 2 is 1.93 bits per heavy atom. The molecule has 0 aliphatic carbocycles. The SMILES string of the molecule is COc1ccc(C)cc1N(C)C(=O)c1cc2c(Cl)nc3ccccc3c2s1. The standard InChI is InChI=1S/C21H17ClN2O2S/c1-12-8-9-17(26-3)16(10-12)24(2)21(25)18-11-14-19(27-18)13-6-4-5-7-15(13)23-20(14)22/h4-11H,1-3H3. The van der Waals surface area contributed by atoms with Gasteiger partial charge in [-0.05, 0) is 36.8 Å². The highest BCUT2D eigenvalue weighted by Crippen LogP contribution is 2.37. The van der Waals surface area contributed by atoms with E-state index in [0.717, 1.165) is 32.2 Å². The minimum absolute atomic E-state index is 0.111. The highest BCUT2D eigenvalue weighted by molar-refractivity contribution is 7.22. The van der Waals surface area contributed by atoms with E-state index in [1.165, 1.54) is 11.3 Å². The number of aromatic nitrogens is 1. The Kier molecular flexibility index (Phi) is 4.50. The number of rotatable bonds is 3. The van der Waals surface area contributed by atoms with Gasteiger partial charge < -0.3 is 9.64 Å². The third kappa shape index (κ3) is 3.03. The van der Waals surface area contributed by atoms with E-state index < -0.39 is 0 Å². The van der Waals surface area contributed by atoms with Crippen molar-refractivity contribution >= 4 is 55.5 Å². The summed E-state index contributed by atoms with van der Waals surface area (Å²) in [6, 6.07) is 15.4. The summed E-state index contributed by atoms with van der Waals surface area (Å²) < 4.78 is 6.39. The number of pyridine rings is 1. The van der Waals surface area contributed by atoms with Crippen LogP contribution in [0.5, 0.6) is 5.75 Å². The van der Waals surface area contributed by atoms with Crippen molar-refractivity contribution in [3.63, 3.8) is 0 Å². The second-order valence-corrected chi connectivity index (χ2v) is 7.72. The third-order valence-corrected chi connectivity index (χ3v) is 5.98. The van der Waals surface area contributed by atoms with Crippen molar-refractivity contribution in [3.05, 3.63) is 64.1 Å². The molecule has 0 radical (unpaired) electrons. The van der Waals surface area contributed by atoms with Crippen molar-refractivity contribution in [2.24, 2.45) is 0 Å². The number of hydrogen-bond donors (Lipinski definition) is 0. The van der Waals surface area contributed by atoms with E-state index >= 15 is 0 Å². The number of aryl methyl sites for hydroxylation is 1. The molecule has 2 aromatic heterocycles. The van der Waals surface area contributed by atoms with Gasteiger partial charge in [-0.2, -0.15) is 0 Å². The maximum absolute atomic E-state index is 13.2. The molecule has 0 aliphatic rings. The topological polar surface area (TPSA) is 42.4 Å². The van der Waals surface area contributed by atoms with Crippen molar-refractivity contribution in [2.45, 2.75) is 6.92 Å². The van der Waals surface area contributed by atoms with Crippen molar-refractivity contribution in [3.8, 4) is 5.75 Å². The summed E-state index contributed by atoms with van der Waals surface area (Å²) in [5.74, 6) is 0.544. The van der Waals surface area contributed by atoms with Crippen LogP contribution in [-0.4, -0.2) is 25.0 Å². The lowest BCUT2D eigenvalue weighted by molar-refractivity contribution is 0.0996. The Labute approximate surface area is 166 Å². The number of carbonyl (C=O) groups excluding carboxylic acids is 1. The average molecular weight is 397 g/mol. The van der Waals surface area contributed by atoms with E-state index in [2.05, 4.69) is 4.98 Å². The summed E-state index contributed by atoms with van der Waals surface area (Å²) >= 11 is 7.80. The van der Waals surface area contributed by atoms with E-state index in [-0.39, 0.29) is 5.91 Å². The van der Waals surface area contributed by atoms with Gasteiger partial charge in [-0.25, -0.2) is 4.98 Å². The molecule has 4 aromatic rings. The van der Waals surface area contributed by atoms with E-state index in [9.17, 15) is 4.79 Å². The van der Waals surface area contributed by atoms with E-state index in [0.29, 0.717) is 15.8 Å². The number of halogens is 1. The second-order valence-electron chi connectivity index (χ2n) is 6.31. The number of anilines is 1. The Morgan fingerprint density at radius 1 is 1.15 bits per heavy atom. The molecule has 2 aromatic carbocycles. The zero-order valence-corrected chi connectivity index (χ0v) is 16.7. The van der Waals surface area contributed by atoms with Gasteiger partial charge in [0.2, 0.25) is 0 Å². The smallest absolute Gasteiger partial charge is 0.268 e. The number of benzene rings is 2. The summed E-state index contributed by atoms with van der Waals surface area (Å²) in [4.78, 5) is 19.8. The maximum atomic E-state index is 13.2. The molecule has 0 saturated heterocycles. The normalized spacial score (nSPS) is 11.1. The number of thiophene rings is 1. The van der Waals surface area contributed by atoms with E-state index in [1.807, 2.05) is 55.5 Å². The van der Waals surface area contributed by atoms with Crippen LogP contribution in [0.4, 0.5) is 5.69 Å². The molecule has 6 heteroatoms. The summed E-state index contributed by atoms with van der Waals surface area (Å²) in [6.45, 7) is 1.98. The number of amides is 1. The van der Waals surface area contributed by atoms with Crippen LogP contribution in [0.2, 0.25) is 5.15 Å². The first-order valence-corrected chi connectivity index (χ1v) is 9.59. The lowest BCUT2D eigenvalue weighted by Crippen LogP contribution is -2.25. The second kappa shape index (κ2) is 6.83. The molecule has 0 bridgehead atoms. The molecule has 0 N–H and O–H groups in total. The first kappa shape index (κ1) is 17.8. The van der Waals surface area contributed by atoms with Crippen LogP contribution >= 0.6 is 22.9 Å². The molecule has 0 aliphatic heterocycles. The zero-order valence-electron chi connectivity index (χ0n) is 15.1. The quantitative estimate of drug-likeness (QED) is 0.417. The molecule has 27 heavy (non-hydrogen) atoms. The van der Waals surface area contributed by atoms with Gasteiger partial charge in [0.1, 0.15) is 10.9 Å². The van der Waals surface area contributed by atoms with Gasteiger partial charge >= 0.3 is 0 Å². The van der Waals surface area contributed by atoms with Gasteiger partial charge in [-0.15, -0.1) is 11.3 Å². The zero-order chi connectivity index (χ0) is 19.1. The minimum Gasteiger partial charge on any atom is -0.495 e. The number of carbonyl (C=O) groups is 1. The maximum Gasteiger partial charge on any atom is 0.268 e. The van der Waals surface area contributed by atoms with Crippen LogP contribution in [0.1, 0.15) is 15.2 Å². The fourth-order valence-corrected chi connectivity index (χ4v) is 4.58. The lowest BCUT2D eigenvalue weighted by Gasteiger charge is -2.19. The van der Waals surface area contributed by atoms with Crippen LogP contribution in [-0.2, 0) is 0 Å². The molecular weight excluding hydrogens is 380 g/mol. The molecule has 0 unspecified atom stereocenters. The molecule has 0 spiro atoms. The van der Waals surface area contributed by atoms with Crippen LogP contribution in [0.15, 0.2) is 48.5 Å². The van der Waals surface area contributed by atoms with Gasteiger partial charge in [-0.3, -0.25) is 4.79 Å². The third-order valence-electron chi connectivity index (χ3n) is 4.53. The Morgan fingerprint density at radius 3 is 2.70 bits per heavy atom. The highest BCUT2D eigenvalue weighted by Gasteiger charge is 2.21. The fraction of sp³-hybridized carbons (Fsp3) is 0.143. The molecule has 0 atom stereocenters. The predicted molar refractivity (Wildman–Crippen MR) is 113 cm³/mol.